The molecule has 8 bridgehead atoms. The minimum atomic E-state index is 0.121. The fraction of sp³-hybridized carbons (Fsp3) is 0.700. The number of benzene rings is 2. The van der Waals surface area contributed by atoms with E-state index in [9.17, 15) is 0 Å². The monoisotopic (exact) mass is 1660 g/mol. The number of anilines is 5. The molecule has 10 aliphatic carbocycles. The van der Waals surface area contributed by atoms with Crippen LogP contribution in [0.3, 0.4) is 0 Å². The van der Waals surface area contributed by atoms with Gasteiger partial charge in [0.2, 0.25) is 5.69 Å². The quantitative estimate of drug-likeness (QED) is 0.139. The van der Waals surface area contributed by atoms with Gasteiger partial charge in [-0.15, -0.1) is 9.36 Å². The lowest BCUT2D eigenvalue weighted by Gasteiger charge is -2.62. The van der Waals surface area contributed by atoms with Gasteiger partial charge in [0.05, 0.1) is 23.0 Å². The summed E-state index contributed by atoms with van der Waals surface area (Å²) < 4.78 is 8.78. The van der Waals surface area contributed by atoms with Gasteiger partial charge in [0.15, 0.2) is 20.3 Å². The zero-order chi connectivity index (χ0) is 88.7. The van der Waals surface area contributed by atoms with Gasteiger partial charge < -0.3 is 24.5 Å². The second-order valence-electron chi connectivity index (χ2n) is 48.9. The van der Waals surface area contributed by atoms with Crippen LogP contribution in [0.15, 0.2) is 128 Å². The molecule has 7 aromatic rings. The summed E-state index contributed by atoms with van der Waals surface area (Å²) >= 11 is 0. The Labute approximate surface area is 743 Å². The smallest absolute Gasteiger partial charge is 0.204 e. The summed E-state index contributed by atoms with van der Waals surface area (Å²) in [5, 5.41) is 0. The number of hydrogen-bond donors (Lipinski definition) is 0. The van der Waals surface area contributed by atoms with E-state index < -0.39 is 0 Å². The molecule has 12 nitrogen and oxygen atoms in total. The van der Waals surface area contributed by atoms with E-state index in [0.717, 1.165) is 53.2 Å². The zero-order valence-electron chi connectivity index (χ0n) is 83.1. The first kappa shape index (κ1) is 91.5. The van der Waals surface area contributed by atoms with Crippen molar-refractivity contribution in [3.8, 4) is 0 Å². The van der Waals surface area contributed by atoms with E-state index in [1.807, 2.05) is 44.0 Å². The van der Waals surface area contributed by atoms with Crippen molar-refractivity contribution in [2.75, 3.05) is 24.5 Å². The van der Waals surface area contributed by atoms with Crippen LogP contribution < -0.4 is 33.9 Å². The Morgan fingerprint density at radius 3 is 1.07 bits per heavy atom. The second kappa shape index (κ2) is 32.9. The van der Waals surface area contributed by atoms with E-state index in [1.54, 1.807) is 28.8 Å². The number of fused-ring (bicyclic) bond motifs is 7. The average molecular weight is 1660 g/mol. The molecule has 2 aromatic carbocycles. The predicted molar refractivity (Wildman–Crippen MR) is 515 cm³/mol. The third-order valence-electron chi connectivity index (χ3n) is 33.9. The molecule has 5 atom stereocenters. The Morgan fingerprint density at radius 2 is 0.680 bits per heavy atom. The number of pyridine rings is 3. The molecule has 10 heterocycles. The van der Waals surface area contributed by atoms with Crippen LogP contribution in [0.4, 0.5) is 28.8 Å². The zero-order valence-corrected chi connectivity index (χ0v) is 83.1. The van der Waals surface area contributed by atoms with E-state index in [-0.39, 0.29) is 44.2 Å². The van der Waals surface area contributed by atoms with Crippen molar-refractivity contribution < 1.29 is 9.36 Å². The van der Waals surface area contributed by atoms with Crippen LogP contribution in [0.25, 0.3) is 0 Å². The summed E-state index contributed by atoms with van der Waals surface area (Å²) in [5.41, 5.74) is 16.4. The number of para-hydroxylation sites is 2. The highest BCUT2D eigenvalue weighted by Gasteiger charge is 2.68. The Hall–Kier alpha value is -6.69. The molecule has 15 aliphatic rings. The van der Waals surface area contributed by atoms with Gasteiger partial charge >= 0.3 is 0 Å². The lowest BCUT2D eigenvalue weighted by atomic mass is 9.42. The molecule has 668 valence electrons. The largest absolute Gasteiger partial charge is 0.363 e. The molecular weight excluding hydrogens is 1490 g/mol. The molecule has 10 fully saturated rings. The van der Waals surface area contributed by atoms with Gasteiger partial charge in [-0.3, -0.25) is 0 Å². The van der Waals surface area contributed by atoms with Crippen molar-refractivity contribution in [2.45, 2.75) is 432 Å². The predicted octanol–water partition coefficient (Wildman–Crippen LogP) is 25.5. The Kier molecular flexibility index (Phi) is 24.7. The normalized spacial score (nSPS) is 29.9. The van der Waals surface area contributed by atoms with Crippen LogP contribution in [0.2, 0.25) is 0 Å². The Morgan fingerprint density at radius 1 is 0.344 bits per heavy atom. The SMILES string of the molecule is CC1N(C(C)(C)C)c2ccccc2C12C1CC3CC(C1)CC2C3.CC1N(C(C)(C)C)c2ccccc2C12CCCCC2.CC1N(C(C)(C)C)c2ncccc2C1(C)C.CC1N(C(C)(C)C)c2ncccc2C12C1CC3CC(C1)CC2C3.CC1N(C(C)(C)C)c2ncccc2C12CCCCC2.C[n+]1cccn1C(C)(C)C.Cc1cc(C)[n+](C)n1C(C)(C)C. The summed E-state index contributed by atoms with van der Waals surface area (Å²) in [5.74, 6) is 11.5. The highest BCUT2D eigenvalue weighted by molar-refractivity contribution is 5.69. The van der Waals surface area contributed by atoms with Crippen LogP contribution in [-0.2, 0) is 52.2 Å². The first-order chi connectivity index (χ1) is 56.9. The van der Waals surface area contributed by atoms with E-state index in [0.29, 0.717) is 51.9 Å². The third-order valence-corrected chi connectivity index (χ3v) is 33.9. The van der Waals surface area contributed by atoms with Crippen molar-refractivity contribution in [1.82, 2.24) is 24.3 Å². The maximum atomic E-state index is 4.89. The number of aryl methyl sites for hydroxylation is 3. The first-order valence-electron chi connectivity index (χ1n) is 49.0. The van der Waals surface area contributed by atoms with Crippen molar-refractivity contribution in [1.29, 1.82) is 0 Å². The summed E-state index contributed by atoms with van der Waals surface area (Å²) in [4.78, 5) is 27.3. The average Bonchev–Trinajstić information content (AvgIpc) is 1.49. The van der Waals surface area contributed by atoms with Crippen LogP contribution in [0, 0.1) is 61.2 Å². The van der Waals surface area contributed by atoms with E-state index in [2.05, 4.69) is 354 Å². The van der Waals surface area contributed by atoms with Crippen molar-refractivity contribution in [2.24, 2.45) is 61.4 Å². The highest BCUT2D eigenvalue weighted by Crippen LogP contribution is 2.71. The fourth-order valence-electron chi connectivity index (χ4n) is 29.9. The van der Waals surface area contributed by atoms with Crippen molar-refractivity contribution in [3.05, 3.63) is 167 Å². The van der Waals surface area contributed by atoms with Gasteiger partial charge in [-0.25, -0.2) is 15.0 Å². The van der Waals surface area contributed by atoms with Gasteiger partial charge in [-0.05, 0) is 366 Å². The molecule has 0 N–H and O–H groups in total. The van der Waals surface area contributed by atoms with Gasteiger partial charge in [-0.1, -0.05) is 107 Å². The van der Waals surface area contributed by atoms with Crippen molar-refractivity contribution >= 4 is 28.8 Å². The molecule has 0 saturated heterocycles. The lowest BCUT2D eigenvalue weighted by Crippen LogP contribution is -2.62. The molecule has 122 heavy (non-hydrogen) atoms. The summed E-state index contributed by atoms with van der Waals surface area (Å²) in [6.45, 7) is 69.4. The Balaban J connectivity index is 0.000000118. The minimum absolute atomic E-state index is 0.121. The third kappa shape index (κ3) is 15.8. The molecule has 5 aliphatic heterocycles. The number of hydrogen-bond acceptors (Lipinski definition) is 8. The molecule has 0 amide bonds. The summed E-state index contributed by atoms with van der Waals surface area (Å²) in [6, 6.07) is 39.1. The Bertz CT molecular complexity index is 4510. The van der Waals surface area contributed by atoms with Crippen molar-refractivity contribution in [3.63, 3.8) is 0 Å². The summed E-state index contributed by atoms with van der Waals surface area (Å²) in [6.07, 6.45) is 38.7. The first-order valence-corrected chi connectivity index (χ1v) is 49.0. The molecule has 4 spiro atoms. The van der Waals surface area contributed by atoms with Gasteiger partial charge in [0.1, 0.15) is 17.5 Å². The van der Waals surface area contributed by atoms with Gasteiger partial charge in [0, 0.05) is 151 Å². The minimum Gasteiger partial charge on any atom is -0.363 e. The molecule has 22 rings (SSSR count). The van der Waals surface area contributed by atoms with E-state index >= 15 is 0 Å². The molecule has 5 unspecified atom stereocenters. The van der Waals surface area contributed by atoms with Crippen LogP contribution in [0.5, 0.6) is 0 Å². The molecular formula is C110H170N12+2. The van der Waals surface area contributed by atoms with E-state index in [1.165, 1.54) is 162 Å². The lowest BCUT2D eigenvalue weighted by molar-refractivity contribution is -0.765. The van der Waals surface area contributed by atoms with Crippen LogP contribution >= 0.6 is 0 Å². The molecule has 10 saturated carbocycles. The number of nitrogens with zero attached hydrogens (tertiary/aromatic N) is 12. The fourth-order valence-corrected chi connectivity index (χ4v) is 29.9. The highest BCUT2D eigenvalue weighted by atomic mass is 15.4. The molecule has 12 heteroatoms. The van der Waals surface area contributed by atoms with Crippen LogP contribution in [0.1, 0.15) is 361 Å². The standard InChI is InChI=1S/C22H31N.C21H30N2.C18H27N.C17H26N2.C14H22N2.C10H19N2.C8H15N2/c1-14-22(17-10-15-9-16(12-17)13-18(22)11-15)19-7-5-6-8-20(19)23(14)21(2,3)4;1-13-21(16-9-14-8-15(11-16)12-17(21)10-14)18-6-5-7-22-19(18)23(13)20(2,3)4;1-14-18(12-8-5-9-13-18)15-10-6-7-11-16(15)19(14)17(2,3)4;1-13-17(10-6-5-7-11-17)14-9-8-12-18-15(14)19(13)16(2,3)4;1-10-14(5,6)11-8-7-9-15-12(11)16(10)13(2,3)4;1-8-7-9(2)12(11(8)6)10(3,4)5;1-8(2,3)10-7-5-6-9(10)4/h5-8,14-18H,9-13H2,1-4H3;5-7,13-17H,8-12H2,1-4H3;6-7,10-11,14H,5,8-9,12-13H2,1-4H3;8-9,12-13H,5-7,10-11H2,1-4H3;7-10H,1-6H3;7H,1-6H3;5-7H,1-4H3/q;;;;;2*+1. The van der Waals surface area contributed by atoms with Crippen LogP contribution in [-0.4, -0.2) is 82.2 Å². The summed E-state index contributed by atoms with van der Waals surface area (Å²) in [7, 11) is 4.15. The second-order valence-corrected chi connectivity index (χ2v) is 48.9. The number of rotatable bonds is 0. The molecule has 0 radical (unpaired) electrons. The maximum absolute atomic E-state index is 4.89. The van der Waals surface area contributed by atoms with Gasteiger partial charge in [0.25, 0.3) is 0 Å². The topological polar surface area (TPSA) is 72.5 Å². The van der Waals surface area contributed by atoms with E-state index in [4.69, 9.17) is 9.97 Å². The molecule has 5 aromatic heterocycles. The van der Waals surface area contributed by atoms with Gasteiger partial charge in [-0.2, -0.15) is 9.36 Å². The maximum Gasteiger partial charge on any atom is 0.204 e. The number of aromatic nitrogens is 7.